The Morgan fingerprint density at radius 2 is 1.58 bits per heavy atom. The molecule has 3 rings (SSSR count). The standard InChI is InChI=1S/C25H32N2O2S2/c1-24(2,3)18-12-17(13-19(21(18)28)25(4,5)6)27-22(29)20(26-23(27)30)15-31-14-16-10-8-7-9-11-16/h7-13,20,28H,14-15H2,1-6H3,(H,26,30). The van der Waals surface area contributed by atoms with Crippen LogP contribution in [0.3, 0.4) is 0 Å². The van der Waals surface area contributed by atoms with Gasteiger partial charge in [0.1, 0.15) is 11.8 Å². The predicted octanol–water partition coefficient (Wildman–Crippen LogP) is 5.51. The molecule has 0 radical (unpaired) electrons. The van der Waals surface area contributed by atoms with Gasteiger partial charge in [0.05, 0.1) is 5.69 Å². The summed E-state index contributed by atoms with van der Waals surface area (Å²) in [5.74, 6) is 1.74. The summed E-state index contributed by atoms with van der Waals surface area (Å²) >= 11 is 7.26. The Kier molecular flexibility index (Phi) is 6.72. The minimum Gasteiger partial charge on any atom is -0.507 e. The number of amides is 1. The average Bonchev–Trinajstić information content (AvgIpc) is 2.95. The van der Waals surface area contributed by atoms with Gasteiger partial charge in [-0.3, -0.25) is 9.69 Å². The first kappa shape index (κ1) is 23.6. The van der Waals surface area contributed by atoms with Gasteiger partial charge in [-0.2, -0.15) is 11.8 Å². The van der Waals surface area contributed by atoms with E-state index in [1.807, 2.05) is 30.3 Å². The Labute approximate surface area is 195 Å². The maximum atomic E-state index is 13.3. The van der Waals surface area contributed by atoms with Gasteiger partial charge in [0.25, 0.3) is 5.91 Å². The molecule has 31 heavy (non-hydrogen) atoms. The summed E-state index contributed by atoms with van der Waals surface area (Å²) < 4.78 is 0. The van der Waals surface area contributed by atoms with Gasteiger partial charge in [-0.25, -0.2) is 0 Å². The summed E-state index contributed by atoms with van der Waals surface area (Å²) in [7, 11) is 0. The second-order valence-corrected chi connectivity index (χ2v) is 11.5. The van der Waals surface area contributed by atoms with Crippen molar-refractivity contribution in [2.24, 2.45) is 0 Å². The molecule has 0 aromatic heterocycles. The summed E-state index contributed by atoms with van der Waals surface area (Å²) in [6.07, 6.45) is 0. The van der Waals surface area contributed by atoms with Crippen molar-refractivity contribution in [2.75, 3.05) is 10.7 Å². The number of hydrogen-bond acceptors (Lipinski definition) is 4. The number of aromatic hydroxyl groups is 1. The molecule has 4 nitrogen and oxygen atoms in total. The molecule has 1 unspecified atom stereocenters. The molecule has 166 valence electrons. The Balaban J connectivity index is 1.86. The second-order valence-electron chi connectivity index (χ2n) is 10.1. The number of hydrogen-bond donors (Lipinski definition) is 2. The molecule has 1 heterocycles. The van der Waals surface area contributed by atoms with Gasteiger partial charge in [0.2, 0.25) is 0 Å². The van der Waals surface area contributed by atoms with Crippen LogP contribution in [0.25, 0.3) is 0 Å². The number of thiocarbonyl (C=S) groups is 1. The summed E-state index contributed by atoms with van der Waals surface area (Å²) in [4.78, 5) is 14.9. The van der Waals surface area contributed by atoms with Crippen LogP contribution >= 0.6 is 24.0 Å². The highest BCUT2D eigenvalue weighted by Crippen LogP contribution is 2.42. The molecule has 1 saturated heterocycles. The highest BCUT2D eigenvalue weighted by molar-refractivity contribution is 7.98. The molecular formula is C25H32N2O2S2. The third-order valence-corrected chi connectivity index (χ3v) is 6.79. The fraction of sp³-hybridized carbons (Fsp3) is 0.440. The van der Waals surface area contributed by atoms with Crippen molar-refractivity contribution in [3.8, 4) is 5.75 Å². The molecule has 0 bridgehead atoms. The van der Waals surface area contributed by atoms with E-state index in [2.05, 4.69) is 59.0 Å². The number of nitrogens with zero attached hydrogens (tertiary/aromatic N) is 1. The quantitative estimate of drug-likeness (QED) is 0.581. The Bertz CT molecular complexity index is 940. The minimum absolute atomic E-state index is 0.0454. The van der Waals surface area contributed by atoms with Gasteiger partial charge in [-0.1, -0.05) is 71.9 Å². The van der Waals surface area contributed by atoms with Crippen LogP contribution in [0.5, 0.6) is 5.75 Å². The molecule has 0 saturated carbocycles. The van der Waals surface area contributed by atoms with Crippen LogP contribution in [0.4, 0.5) is 5.69 Å². The zero-order valence-electron chi connectivity index (χ0n) is 19.2. The number of benzene rings is 2. The summed E-state index contributed by atoms with van der Waals surface area (Å²) in [5.41, 5.74) is 3.03. The maximum Gasteiger partial charge on any atom is 0.256 e. The molecule has 2 aromatic rings. The summed E-state index contributed by atoms with van der Waals surface area (Å²) in [6, 6.07) is 13.7. The van der Waals surface area contributed by atoms with Crippen LogP contribution in [0.2, 0.25) is 0 Å². The molecule has 1 atom stereocenters. The average molecular weight is 457 g/mol. The van der Waals surface area contributed by atoms with Crippen LogP contribution in [-0.4, -0.2) is 27.9 Å². The lowest BCUT2D eigenvalue weighted by atomic mass is 9.79. The van der Waals surface area contributed by atoms with Gasteiger partial charge in [-0.15, -0.1) is 0 Å². The van der Waals surface area contributed by atoms with Crippen molar-refractivity contribution in [1.82, 2.24) is 5.32 Å². The van der Waals surface area contributed by atoms with Crippen LogP contribution in [0.15, 0.2) is 42.5 Å². The lowest BCUT2D eigenvalue weighted by Crippen LogP contribution is -2.33. The van der Waals surface area contributed by atoms with Crippen molar-refractivity contribution in [3.63, 3.8) is 0 Å². The van der Waals surface area contributed by atoms with Crippen molar-refractivity contribution in [3.05, 3.63) is 59.2 Å². The molecule has 1 aliphatic rings. The van der Waals surface area contributed by atoms with Gasteiger partial charge in [0.15, 0.2) is 5.11 Å². The number of anilines is 1. The smallest absolute Gasteiger partial charge is 0.256 e. The van der Waals surface area contributed by atoms with Crippen LogP contribution in [0, 0.1) is 0 Å². The zero-order chi connectivity index (χ0) is 23.0. The predicted molar refractivity (Wildman–Crippen MR) is 135 cm³/mol. The van der Waals surface area contributed by atoms with Crippen molar-refractivity contribution >= 4 is 40.7 Å². The number of carbonyl (C=O) groups is 1. The lowest BCUT2D eigenvalue weighted by molar-refractivity contribution is -0.117. The summed E-state index contributed by atoms with van der Waals surface area (Å²) in [5, 5.41) is 14.6. The van der Waals surface area contributed by atoms with E-state index in [4.69, 9.17) is 12.2 Å². The van der Waals surface area contributed by atoms with E-state index >= 15 is 0 Å². The highest BCUT2D eigenvalue weighted by atomic mass is 32.2. The molecule has 2 aromatic carbocycles. The van der Waals surface area contributed by atoms with E-state index < -0.39 is 0 Å². The Hall–Kier alpha value is -2.05. The third kappa shape index (κ3) is 5.24. The molecule has 1 amide bonds. The van der Waals surface area contributed by atoms with E-state index in [0.29, 0.717) is 22.3 Å². The molecular weight excluding hydrogens is 424 g/mol. The lowest BCUT2D eigenvalue weighted by Gasteiger charge is -2.29. The first-order valence-corrected chi connectivity index (χ1v) is 12.1. The van der Waals surface area contributed by atoms with Gasteiger partial charge in [-0.05, 0) is 40.7 Å². The van der Waals surface area contributed by atoms with E-state index in [1.165, 1.54) is 5.56 Å². The first-order chi connectivity index (χ1) is 14.4. The van der Waals surface area contributed by atoms with Gasteiger partial charge >= 0.3 is 0 Å². The molecule has 2 N–H and O–H groups in total. The fourth-order valence-electron chi connectivity index (χ4n) is 3.65. The maximum absolute atomic E-state index is 13.3. The van der Waals surface area contributed by atoms with E-state index in [1.54, 1.807) is 16.7 Å². The van der Waals surface area contributed by atoms with Crippen LogP contribution < -0.4 is 10.2 Å². The van der Waals surface area contributed by atoms with Crippen LogP contribution in [-0.2, 0) is 21.4 Å². The first-order valence-electron chi connectivity index (χ1n) is 10.5. The van der Waals surface area contributed by atoms with Crippen molar-refractivity contribution in [2.45, 2.75) is 64.2 Å². The van der Waals surface area contributed by atoms with E-state index in [-0.39, 0.29) is 22.8 Å². The highest BCUT2D eigenvalue weighted by Gasteiger charge is 2.38. The number of rotatable bonds is 5. The Morgan fingerprint density at radius 3 is 2.10 bits per heavy atom. The van der Waals surface area contributed by atoms with Crippen LogP contribution in [0.1, 0.15) is 58.2 Å². The molecule has 1 fully saturated rings. The van der Waals surface area contributed by atoms with Gasteiger partial charge in [0, 0.05) is 22.6 Å². The fourth-order valence-corrected chi connectivity index (χ4v) is 4.99. The number of phenols is 1. The molecule has 0 aliphatic carbocycles. The number of phenolic OH excluding ortho intramolecular Hbond substituents is 1. The molecule has 1 aliphatic heterocycles. The second kappa shape index (κ2) is 8.83. The Morgan fingerprint density at radius 1 is 1.03 bits per heavy atom. The molecule has 6 heteroatoms. The van der Waals surface area contributed by atoms with Crippen molar-refractivity contribution in [1.29, 1.82) is 0 Å². The van der Waals surface area contributed by atoms with Gasteiger partial charge < -0.3 is 10.4 Å². The molecule has 0 spiro atoms. The minimum atomic E-state index is -0.355. The monoisotopic (exact) mass is 456 g/mol. The van der Waals surface area contributed by atoms with Crippen molar-refractivity contribution < 1.29 is 9.90 Å². The number of nitrogens with one attached hydrogen (secondary N) is 1. The number of carbonyl (C=O) groups excluding carboxylic acids is 1. The largest absolute Gasteiger partial charge is 0.507 e. The zero-order valence-corrected chi connectivity index (χ0v) is 20.8. The normalized spacial score (nSPS) is 17.2. The number of thioether (sulfide) groups is 1. The SMILES string of the molecule is CC(C)(C)c1cc(N2C(=O)C(CSCc3ccccc3)NC2=S)cc(C(C)(C)C)c1O. The van der Waals surface area contributed by atoms with E-state index in [0.717, 1.165) is 16.9 Å². The summed E-state index contributed by atoms with van der Waals surface area (Å²) in [6.45, 7) is 12.4. The third-order valence-electron chi connectivity index (χ3n) is 5.38. The topological polar surface area (TPSA) is 52.6 Å². The van der Waals surface area contributed by atoms with E-state index in [9.17, 15) is 9.90 Å².